The van der Waals surface area contributed by atoms with Crippen molar-refractivity contribution in [1.29, 1.82) is 0 Å². The smallest absolute Gasteiger partial charge is 0.261 e. The van der Waals surface area contributed by atoms with Gasteiger partial charge in [0, 0.05) is 11.6 Å². The van der Waals surface area contributed by atoms with E-state index >= 15 is 0 Å². The van der Waals surface area contributed by atoms with E-state index in [1.807, 2.05) is 57.2 Å². The first-order chi connectivity index (χ1) is 11.0. The van der Waals surface area contributed by atoms with Crippen LogP contribution in [0.2, 0.25) is 5.02 Å². The predicted molar refractivity (Wildman–Crippen MR) is 93.9 cm³/mol. The highest BCUT2D eigenvalue weighted by Crippen LogP contribution is 2.18. The Hall–Kier alpha value is -2.00. The molecular weight excluding hydrogens is 310 g/mol. The van der Waals surface area contributed by atoms with Gasteiger partial charge in [0.05, 0.1) is 0 Å². The topological polar surface area (TPSA) is 38.3 Å². The molecular formula is C19H22ClNO2. The molecule has 0 fully saturated rings. The van der Waals surface area contributed by atoms with Crippen molar-refractivity contribution in [3.63, 3.8) is 0 Å². The van der Waals surface area contributed by atoms with Crippen LogP contribution in [0.15, 0.2) is 42.5 Å². The first-order valence-electron chi connectivity index (χ1n) is 7.75. The molecule has 0 aliphatic heterocycles. The summed E-state index contributed by atoms with van der Waals surface area (Å²) in [6.45, 7) is 6.43. The standard InChI is InChI=1S/C19H22ClNO2/c1-4-18(23-17-10-13(2)9-14(3)11-17)19(22)21-12-15-5-7-16(20)8-6-15/h5-11,18H,4,12H2,1-3H3,(H,21,22). The van der Waals surface area contributed by atoms with Gasteiger partial charge in [-0.3, -0.25) is 4.79 Å². The van der Waals surface area contributed by atoms with Crippen LogP contribution >= 0.6 is 11.6 Å². The van der Waals surface area contributed by atoms with E-state index in [4.69, 9.17) is 16.3 Å². The number of aryl methyl sites for hydroxylation is 2. The third kappa shape index (κ3) is 5.29. The largest absolute Gasteiger partial charge is 0.481 e. The van der Waals surface area contributed by atoms with Gasteiger partial charge in [0.15, 0.2) is 6.10 Å². The average molecular weight is 332 g/mol. The number of carbonyl (C=O) groups excluding carboxylic acids is 1. The molecule has 0 aliphatic carbocycles. The van der Waals surface area contributed by atoms with Crippen LogP contribution in [-0.4, -0.2) is 12.0 Å². The van der Waals surface area contributed by atoms with Gasteiger partial charge in [-0.05, 0) is 61.2 Å². The quantitative estimate of drug-likeness (QED) is 0.850. The molecule has 0 spiro atoms. The number of halogens is 1. The third-order valence-corrected chi connectivity index (χ3v) is 3.77. The first-order valence-corrected chi connectivity index (χ1v) is 8.13. The van der Waals surface area contributed by atoms with Gasteiger partial charge in [-0.1, -0.05) is 36.7 Å². The van der Waals surface area contributed by atoms with Crippen molar-refractivity contribution < 1.29 is 9.53 Å². The second-order valence-corrected chi connectivity index (χ2v) is 6.12. The van der Waals surface area contributed by atoms with Gasteiger partial charge in [-0.25, -0.2) is 0 Å². The van der Waals surface area contributed by atoms with Gasteiger partial charge in [0.1, 0.15) is 5.75 Å². The van der Waals surface area contributed by atoms with Crippen LogP contribution in [0.4, 0.5) is 0 Å². The van der Waals surface area contributed by atoms with Crippen molar-refractivity contribution in [3.8, 4) is 5.75 Å². The Kier molecular flexibility index (Phi) is 6.05. The minimum absolute atomic E-state index is 0.110. The molecule has 1 N–H and O–H groups in total. The lowest BCUT2D eigenvalue weighted by Crippen LogP contribution is -2.37. The summed E-state index contributed by atoms with van der Waals surface area (Å²) in [6.07, 6.45) is 0.114. The molecule has 4 heteroatoms. The second-order valence-electron chi connectivity index (χ2n) is 5.68. The van der Waals surface area contributed by atoms with Crippen molar-refractivity contribution >= 4 is 17.5 Å². The fourth-order valence-electron chi connectivity index (χ4n) is 2.39. The van der Waals surface area contributed by atoms with Crippen LogP contribution in [-0.2, 0) is 11.3 Å². The highest BCUT2D eigenvalue weighted by molar-refractivity contribution is 6.30. The summed E-state index contributed by atoms with van der Waals surface area (Å²) in [5.74, 6) is 0.623. The maximum Gasteiger partial charge on any atom is 0.261 e. The fraction of sp³-hybridized carbons (Fsp3) is 0.316. The van der Waals surface area contributed by atoms with E-state index < -0.39 is 6.10 Å². The molecule has 23 heavy (non-hydrogen) atoms. The fourth-order valence-corrected chi connectivity index (χ4v) is 2.52. The number of rotatable bonds is 6. The average Bonchev–Trinajstić information content (AvgIpc) is 2.51. The highest BCUT2D eigenvalue weighted by Gasteiger charge is 2.18. The lowest BCUT2D eigenvalue weighted by molar-refractivity contribution is -0.128. The zero-order chi connectivity index (χ0) is 16.8. The molecule has 1 unspecified atom stereocenters. The lowest BCUT2D eigenvalue weighted by atomic mass is 10.1. The predicted octanol–water partition coefficient (Wildman–Crippen LogP) is 4.43. The van der Waals surface area contributed by atoms with E-state index in [2.05, 4.69) is 11.4 Å². The summed E-state index contributed by atoms with van der Waals surface area (Å²) in [5.41, 5.74) is 3.25. The molecule has 0 heterocycles. The van der Waals surface area contributed by atoms with Crippen LogP contribution in [0.3, 0.4) is 0 Å². The Morgan fingerprint density at radius 3 is 2.30 bits per heavy atom. The molecule has 0 saturated carbocycles. The van der Waals surface area contributed by atoms with Crippen LogP contribution < -0.4 is 10.1 Å². The molecule has 2 aromatic rings. The van der Waals surface area contributed by atoms with Gasteiger partial charge < -0.3 is 10.1 Å². The summed E-state index contributed by atoms with van der Waals surface area (Å²) >= 11 is 5.86. The van der Waals surface area contributed by atoms with Gasteiger partial charge >= 0.3 is 0 Å². The van der Waals surface area contributed by atoms with Crippen molar-refractivity contribution in [2.45, 2.75) is 39.8 Å². The lowest BCUT2D eigenvalue weighted by Gasteiger charge is -2.18. The highest BCUT2D eigenvalue weighted by atomic mass is 35.5. The van der Waals surface area contributed by atoms with Gasteiger partial charge in [-0.2, -0.15) is 0 Å². The number of hydrogen-bond acceptors (Lipinski definition) is 2. The molecule has 0 bridgehead atoms. The Balaban J connectivity index is 1.96. The summed E-state index contributed by atoms with van der Waals surface area (Å²) < 4.78 is 5.86. The van der Waals surface area contributed by atoms with E-state index in [9.17, 15) is 4.79 Å². The minimum atomic E-state index is -0.497. The number of ether oxygens (including phenoxy) is 1. The molecule has 0 aliphatic rings. The molecule has 122 valence electrons. The van der Waals surface area contributed by atoms with Crippen molar-refractivity contribution in [3.05, 3.63) is 64.2 Å². The van der Waals surface area contributed by atoms with Crippen LogP contribution in [0.5, 0.6) is 5.75 Å². The van der Waals surface area contributed by atoms with Crippen molar-refractivity contribution in [2.75, 3.05) is 0 Å². The van der Waals surface area contributed by atoms with E-state index in [-0.39, 0.29) is 5.91 Å². The summed E-state index contributed by atoms with van der Waals surface area (Å²) in [5, 5.41) is 3.60. The van der Waals surface area contributed by atoms with Gasteiger partial charge in [0.25, 0.3) is 5.91 Å². The number of carbonyl (C=O) groups is 1. The van der Waals surface area contributed by atoms with E-state index in [1.54, 1.807) is 0 Å². The minimum Gasteiger partial charge on any atom is -0.481 e. The van der Waals surface area contributed by atoms with Crippen molar-refractivity contribution in [1.82, 2.24) is 5.32 Å². The molecule has 1 atom stereocenters. The second kappa shape index (κ2) is 8.02. The maximum absolute atomic E-state index is 12.3. The van der Waals surface area contributed by atoms with E-state index in [1.165, 1.54) is 0 Å². The number of amides is 1. The Bertz CT molecular complexity index is 647. The molecule has 0 radical (unpaired) electrons. The van der Waals surface area contributed by atoms with E-state index in [0.29, 0.717) is 18.0 Å². The number of benzene rings is 2. The molecule has 1 amide bonds. The molecule has 3 nitrogen and oxygen atoms in total. The summed E-state index contributed by atoms with van der Waals surface area (Å²) in [6, 6.07) is 13.4. The van der Waals surface area contributed by atoms with Crippen LogP contribution in [0.25, 0.3) is 0 Å². The summed E-state index contributed by atoms with van der Waals surface area (Å²) in [4.78, 5) is 12.3. The van der Waals surface area contributed by atoms with E-state index in [0.717, 1.165) is 22.4 Å². The Morgan fingerprint density at radius 2 is 1.74 bits per heavy atom. The Morgan fingerprint density at radius 1 is 1.13 bits per heavy atom. The van der Waals surface area contributed by atoms with Gasteiger partial charge in [0.2, 0.25) is 0 Å². The third-order valence-electron chi connectivity index (χ3n) is 3.52. The SMILES string of the molecule is CCC(Oc1cc(C)cc(C)c1)C(=O)NCc1ccc(Cl)cc1. The van der Waals surface area contributed by atoms with Crippen LogP contribution in [0, 0.1) is 13.8 Å². The first kappa shape index (κ1) is 17.4. The Labute approximate surface area is 142 Å². The monoisotopic (exact) mass is 331 g/mol. The van der Waals surface area contributed by atoms with Crippen molar-refractivity contribution in [2.24, 2.45) is 0 Å². The summed E-state index contributed by atoms with van der Waals surface area (Å²) in [7, 11) is 0. The molecule has 2 aromatic carbocycles. The number of hydrogen-bond donors (Lipinski definition) is 1. The zero-order valence-electron chi connectivity index (χ0n) is 13.7. The normalized spacial score (nSPS) is 11.8. The van der Waals surface area contributed by atoms with Gasteiger partial charge in [-0.15, -0.1) is 0 Å². The van der Waals surface area contributed by atoms with Crippen LogP contribution in [0.1, 0.15) is 30.0 Å². The number of nitrogens with one attached hydrogen (secondary N) is 1. The molecule has 0 saturated heterocycles. The molecule has 0 aromatic heterocycles. The molecule has 2 rings (SSSR count). The maximum atomic E-state index is 12.3. The zero-order valence-corrected chi connectivity index (χ0v) is 14.5.